The number of unbranched alkanes of at least 4 members (excludes halogenated alkanes) is 1. The topological polar surface area (TPSA) is 39.7 Å². The summed E-state index contributed by atoms with van der Waals surface area (Å²) in [5.41, 5.74) is 0. The highest BCUT2D eigenvalue weighted by Crippen LogP contribution is 2.33. The van der Waals surface area contributed by atoms with Gasteiger partial charge >= 0.3 is 0 Å². The second-order valence-corrected chi connectivity index (χ2v) is 7.30. The van der Waals surface area contributed by atoms with Gasteiger partial charge in [-0.1, -0.05) is 0 Å². The van der Waals surface area contributed by atoms with Crippen LogP contribution >= 0.6 is 35.7 Å². The summed E-state index contributed by atoms with van der Waals surface area (Å²) in [7, 11) is 0. The summed E-state index contributed by atoms with van der Waals surface area (Å²) < 4.78 is 0. The second kappa shape index (κ2) is 11.0. The van der Waals surface area contributed by atoms with Gasteiger partial charge in [0.05, 0.1) is 0 Å². The average Bonchev–Trinajstić information content (AvgIpc) is 3.23. The van der Waals surface area contributed by atoms with Crippen molar-refractivity contribution in [2.75, 3.05) is 31.6 Å². The number of halogens is 1. The van der Waals surface area contributed by atoms with Crippen LogP contribution in [0.25, 0.3) is 0 Å². The van der Waals surface area contributed by atoms with Crippen molar-refractivity contribution in [3.63, 3.8) is 0 Å². The van der Waals surface area contributed by atoms with Crippen LogP contribution in [0.4, 0.5) is 0 Å². The average molecular weight is 440 g/mol. The van der Waals surface area contributed by atoms with Crippen molar-refractivity contribution in [1.29, 1.82) is 0 Å². The summed E-state index contributed by atoms with van der Waals surface area (Å²) in [5, 5.41) is 7.03. The molecule has 0 amide bonds. The largest absolute Gasteiger partial charge is 0.357 e. The molecule has 4 nitrogen and oxygen atoms in total. The molecule has 2 rings (SSSR count). The molecule has 1 saturated carbocycles. The van der Waals surface area contributed by atoms with E-state index >= 15 is 0 Å². The van der Waals surface area contributed by atoms with Gasteiger partial charge in [0.2, 0.25) is 0 Å². The molecule has 6 heteroatoms. The lowest BCUT2D eigenvalue weighted by molar-refractivity contribution is 0.256. The molecule has 0 aromatic heterocycles. The van der Waals surface area contributed by atoms with E-state index in [0.29, 0.717) is 6.04 Å². The van der Waals surface area contributed by atoms with Crippen LogP contribution in [0.2, 0.25) is 0 Å². The summed E-state index contributed by atoms with van der Waals surface area (Å²) in [6.45, 7) is 7.56. The van der Waals surface area contributed by atoms with E-state index in [9.17, 15) is 0 Å². The van der Waals surface area contributed by atoms with Gasteiger partial charge in [0.15, 0.2) is 5.96 Å². The van der Waals surface area contributed by atoms with Crippen molar-refractivity contribution >= 4 is 41.7 Å². The minimum Gasteiger partial charge on any atom is -0.357 e. The normalized spacial score (nSPS) is 25.9. The number of nitrogens with zero attached hydrogens (tertiary/aromatic N) is 2. The Bertz CT molecular complexity index is 336. The van der Waals surface area contributed by atoms with E-state index in [4.69, 9.17) is 4.99 Å². The number of aliphatic imine (C=N–C) groups is 1. The van der Waals surface area contributed by atoms with Crippen LogP contribution < -0.4 is 10.6 Å². The predicted octanol–water partition coefficient (Wildman–Crippen LogP) is 2.93. The summed E-state index contributed by atoms with van der Waals surface area (Å²) in [6, 6.07) is 2.15. The predicted molar refractivity (Wildman–Crippen MR) is 110 cm³/mol. The fourth-order valence-corrected chi connectivity index (χ4v) is 3.63. The van der Waals surface area contributed by atoms with Crippen LogP contribution in [0.15, 0.2) is 4.99 Å². The molecule has 2 atom stereocenters. The highest BCUT2D eigenvalue weighted by molar-refractivity contribution is 14.0. The molecule has 1 aliphatic carbocycles. The van der Waals surface area contributed by atoms with Gasteiger partial charge < -0.3 is 10.6 Å². The van der Waals surface area contributed by atoms with Crippen LogP contribution in [0.3, 0.4) is 0 Å². The Hall–Kier alpha value is 0.310. The Morgan fingerprint density at radius 1 is 1.32 bits per heavy atom. The van der Waals surface area contributed by atoms with Gasteiger partial charge in [0.25, 0.3) is 0 Å². The lowest BCUT2D eigenvalue weighted by atomic mass is 10.2. The van der Waals surface area contributed by atoms with Crippen LogP contribution in [-0.2, 0) is 0 Å². The Kier molecular flexibility index (Phi) is 10.1. The minimum atomic E-state index is 0. The summed E-state index contributed by atoms with van der Waals surface area (Å²) >= 11 is 1.92. The monoisotopic (exact) mass is 440 g/mol. The standard InChI is InChI=1S/C16H32N4S.HI/c1-4-17-16(18-9-5-6-10-21-3)19-14-11-13(2)20(12-14)15-7-8-15;/h13-15H,4-12H2,1-3H3,(H2,17,18,19);1H. The lowest BCUT2D eigenvalue weighted by Gasteiger charge is -2.20. The molecule has 0 aromatic rings. The van der Waals surface area contributed by atoms with Crippen molar-refractivity contribution < 1.29 is 0 Å². The molecule has 0 radical (unpaired) electrons. The molecule has 1 heterocycles. The van der Waals surface area contributed by atoms with Crippen LogP contribution in [0.1, 0.15) is 46.0 Å². The quantitative estimate of drug-likeness (QED) is 0.264. The molecule has 1 aliphatic heterocycles. The highest BCUT2D eigenvalue weighted by Gasteiger charge is 2.38. The van der Waals surface area contributed by atoms with E-state index in [1.807, 2.05) is 11.8 Å². The molecule has 2 unspecified atom stereocenters. The Morgan fingerprint density at radius 3 is 2.73 bits per heavy atom. The number of guanidine groups is 1. The first kappa shape index (κ1) is 20.4. The van der Waals surface area contributed by atoms with Gasteiger partial charge in [-0.15, -0.1) is 24.0 Å². The first-order valence-corrected chi connectivity index (χ1v) is 9.93. The molecular weight excluding hydrogens is 407 g/mol. The zero-order chi connectivity index (χ0) is 15.1. The van der Waals surface area contributed by atoms with Crippen LogP contribution in [-0.4, -0.2) is 60.6 Å². The number of thioether (sulfide) groups is 1. The van der Waals surface area contributed by atoms with Gasteiger partial charge in [0.1, 0.15) is 0 Å². The first-order chi connectivity index (χ1) is 10.2. The maximum Gasteiger partial charge on any atom is 0.191 e. The Labute approximate surface area is 157 Å². The molecule has 0 spiro atoms. The third-order valence-electron chi connectivity index (χ3n) is 4.35. The minimum absolute atomic E-state index is 0. The fraction of sp³-hybridized carbons (Fsp3) is 0.938. The zero-order valence-electron chi connectivity index (χ0n) is 14.3. The Morgan fingerprint density at radius 2 is 2.09 bits per heavy atom. The van der Waals surface area contributed by atoms with Crippen molar-refractivity contribution in [1.82, 2.24) is 15.5 Å². The molecule has 2 N–H and O–H groups in total. The molecular formula is C16H33IN4S. The molecule has 1 saturated heterocycles. The number of hydrogen-bond donors (Lipinski definition) is 2. The first-order valence-electron chi connectivity index (χ1n) is 8.54. The second-order valence-electron chi connectivity index (χ2n) is 6.31. The van der Waals surface area contributed by atoms with Crippen molar-refractivity contribution in [2.45, 2.75) is 64.1 Å². The fourth-order valence-electron chi connectivity index (χ4n) is 3.14. The van der Waals surface area contributed by atoms with Crippen molar-refractivity contribution in [3.05, 3.63) is 0 Å². The zero-order valence-corrected chi connectivity index (χ0v) is 17.5. The molecule has 130 valence electrons. The number of likely N-dealkylation sites (tertiary alicyclic amines) is 1. The third kappa shape index (κ3) is 6.83. The van der Waals surface area contributed by atoms with Gasteiger partial charge in [-0.3, -0.25) is 9.89 Å². The van der Waals surface area contributed by atoms with E-state index in [1.54, 1.807) is 0 Å². The van der Waals surface area contributed by atoms with Gasteiger partial charge in [-0.2, -0.15) is 11.8 Å². The van der Waals surface area contributed by atoms with E-state index in [0.717, 1.165) is 31.1 Å². The SMILES string of the molecule is CCNC(=NCCCCSC)NC1CC(C)N(C2CC2)C1.I. The van der Waals surface area contributed by atoms with Gasteiger partial charge in [-0.25, -0.2) is 0 Å². The van der Waals surface area contributed by atoms with Crippen molar-refractivity contribution in [2.24, 2.45) is 4.99 Å². The molecule has 2 aliphatic rings. The maximum absolute atomic E-state index is 4.73. The lowest BCUT2D eigenvalue weighted by Crippen LogP contribution is -2.44. The summed E-state index contributed by atoms with van der Waals surface area (Å²) in [4.78, 5) is 7.41. The molecule has 0 bridgehead atoms. The number of hydrogen-bond acceptors (Lipinski definition) is 3. The number of nitrogens with one attached hydrogen (secondary N) is 2. The van der Waals surface area contributed by atoms with Crippen LogP contribution in [0, 0.1) is 0 Å². The number of rotatable bonds is 8. The summed E-state index contributed by atoms with van der Waals surface area (Å²) in [6.07, 6.45) is 8.67. The third-order valence-corrected chi connectivity index (χ3v) is 5.05. The maximum atomic E-state index is 4.73. The van der Waals surface area contributed by atoms with Crippen molar-refractivity contribution in [3.8, 4) is 0 Å². The van der Waals surface area contributed by atoms with E-state index in [1.165, 1.54) is 44.4 Å². The smallest absolute Gasteiger partial charge is 0.191 e. The van der Waals surface area contributed by atoms with Gasteiger partial charge in [0, 0.05) is 37.8 Å². The molecule has 22 heavy (non-hydrogen) atoms. The van der Waals surface area contributed by atoms with E-state index in [-0.39, 0.29) is 24.0 Å². The van der Waals surface area contributed by atoms with Crippen LogP contribution in [0.5, 0.6) is 0 Å². The van der Waals surface area contributed by atoms with Gasteiger partial charge in [-0.05, 0) is 58.0 Å². The highest BCUT2D eigenvalue weighted by atomic mass is 127. The van der Waals surface area contributed by atoms with E-state index < -0.39 is 0 Å². The molecule has 2 fully saturated rings. The Balaban J connectivity index is 0.00000242. The summed E-state index contributed by atoms with van der Waals surface area (Å²) in [5.74, 6) is 2.26. The van der Waals surface area contributed by atoms with E-state index in [2.05, 4.69) is 35.6 Å². The molecule has 0 aromatic carbocycles.